The van der Waals surface area contributed by atoms with Crippen molar-refractivity contribution in [2.45, 2.75) is 33.3 Å². The van der Waals surface area contributed by atoms with Gasteiger partial charge in [-0.05, 0) is 39.8 Å². The number of anilines is 1. The molecule has 1 heterocycles. The van der Waals surface area contributed by atoms with E-state index in [1.807, 2.05) is 0 Å². The van der Waals surface area contributed by atoms with Gasteiger partial charge in [0.25, 0.3) is 0 Å². The lowest BCUT2D eigenvalue weighted by Gasteiger charge is -2.19. The number of nitrogens with one attached hydrogen (secondary N) is 1. The van der Waals surface area contributed by atoms with E-state index in [0.29, 0.717) is 12.3 Å². The molecule has 0 spiro atoms. The number of esters is 1. The predicted octanol–water partition coefficient (Wildman–Crippen LogP) is 2.61. The molecule has 0 radical (unpaired) electrons. The Morgan fingerprint density at radius 2 is 2.00 bits per heavy atom. The number of rotatable bonds is 3. The maximum Gasteiger partial charge on any atom is 0.412 e. The Kier molecular flexibility index (Phi) is 4.86. The zero-order valence-electron chi connectivity index (χ0n) is 11.5. The highest BCUT2D eigenvalue weighted by atomic mass is 16.6. The SMILES string of the molecule is CCOC(=O)c1ccc(NC(=O)OC(C)(C)C)cn1. The molecule has 0 saturated heterocycles. The van der Waals surface area contributed by atoms with E-state index in [2.05, 4.69) is 10.3 Å². The number of nitrogens with zero attached hydrogens (tertiary/aromatic N) is 1. The van der Waals surface area contributed by atoms with Crippen LogP contribution in [0, 0.1) is 0 Å². The molecule has 0 aliphatic heterocycles. The number of carbonyl (C=O) groups is 2. The quantitative estimate of drug-likeness (QED) is 0.851. The van der Waals surface area contributed by atoms with Crippen molar-refractivity contribution in [3.8, 4) is 0 Å². The van der Waals surface area contributed by atoms with Crippen molar-refractivity contribution in [2.75, 3.05) is 11.9 Å². The number of hydrogen-bond donors (Lipinski definition) is 1. The van der Waals surface area contributed by atoms with E-state index in [9.17, 15) is 9.59 Å². The first kappa shape index (κ1) is 14.9. The van der Waals surface area contributed by atoms with Gasteiger partial charge in [0.2, 0.25) is 0 Å². The molecule has 0 atom stereocenters. The molecule has 0 aliphatic rings. The fraction of sp³-hybridized carbons (Fsp3) is 0.462. The molecule has 1 N–H and O–H groups in total. The van der Waals surface area contributed by atoms with Crippen LogP contribution in [0.1, 0.15) is 38.2 Å². The molecule has 1 aromatic heterocycles. The summed E-state index contributed by atoms with van der Waals surface area (Å²) in [5.41, 5.74) is 0.0708. The second kappa shape index (κ2) is 6.17. The molecule has 6 heteroatoms. The third-order valence-electron chi connectivity index (χ3n) is 1.89. The van der Waals surface area contributed by atoms with Crippen LogP contribution >= 0.6 is 0 Å². The van der Waals surface area contributed by atoms with Crippen LogP contribution < -0.4 is 5.32 Å². The van der Waals surface area contributed by atoms with Gasteiger partial charge >= 0.3 is 12.1 Å². The molecule has 0 aromatic carbocycles. The molecule has 6 nitrogen and oxygen atoms in total. The summed E-state index contributed by atoms with van der Waals surface area (Å²) in [6.07, 6.45) is 0.800. The van der Waals surface area contributed by atoms with Crippen molar-refractivity contribution in [1.29, 1.82) is 0 Å². The van der Waals surface area contributed by atoms with Crippen LogP contribution in [0.3, 0.4) is 0 Å². The van der Waals surface area contributed by atoms with Gasteiger partial charge in [-0.1, -0.05) is 0 Å². The van der Waals surface area contributed by atoms with Crippen LogP contribution in [-0.2, 0) is 9.47 Å². The van der Waals surface area contributed by atoms with E-state index in [4.69, 9.17) is 9.47 Å². The minimum atomic E-state index is -0.571. The predicted molar refractivity (Wildman–Crippen MR) is 70.1 cm³/mol. The lowest BCUT2D eigenvalue weighted by molar-refractivity contribution is 0.0519. The van der Waals surface area contributed by atoms with Gasteiger partial charge in [-0.15, -0.1) is 0 Å². The van der Waals surface area contributed by atoms with Crippen molar-refractivity contribution in [2.24, 2.45) is 0 Å². The first-order valence-electron chi connectivity index (χ1n) is 5.95. The number of pyridine rings is 1. The second-order valence-corrected chi connectivity index (χ2v) is 4.78. The van der Waals surface area contributed by atoms with E-state index in [1.54, 1.807) is 33.8 Å². The standard InChI is InChI=1S/C13H18N2O4/c1-5-18-11(16)10-7-6-9(8-14-10)15-12(17)19-13(2,3)4/h6-8H,5H2,1-4H3,(H,15,17). The molecule has 0 aliphatic carbocycles. The largest absolute Gasteiger partial charge is 0.461 e. The van der Waals surface area contributed by atoms with Crippen molar-refractivity contribution in [3.63, 3.8) is 0 Å². The number of ether oxygens (including phenoxy) is 2. The van der Waals surface area contributed by atoms with Crippen LogP contribution in [0.15, 0.2) is 18.3 Å². The van der Waals surface area contributed by atoms with Crippen LogP contribution in [0.5, 0.6) is 0 Å². The smallest absolute Gasteiger partial charge is 0.412 e. The average molecular weight is 266 g/mol. The second-order valence-electron chi connectivity index (χ2n) is 4.78. The van der Waals surface area contributed by atoms with E-state index in [0.717, 1.165) is 0 Å². The van der Waals surface area contributed by atoms with Crippen LogP contribution in [0.4, 0.5) is 10.5 Å². The Labute approximate surface area is 112 Å². The molecule has 0 fully saturated rings. The molecular formula is C13H18N2O4. The monoisotopic (exact) mass is 266 g/mol. The first-order chi connectivity index (χ1) is 8.81. The van der Waals surface area contributed by atoms with Gasteiger partial charge in [0, 0.05) is 0 Å². The summed E-state index contributed by atoms with van der Waals surface area (Å²) in [6, 6.07) is 3.04. The Balaban J connectivity index is 2.62. The zero-order valence-corrected chi connectivity index (χ0v) is 11.5. The average Bonchev–Trinajstić information content (AvgIpc) is 2.27. The van der Waals surface area contributed by atoms with Gasteiger partial charge in [0.15, 0.2) is 0 Å². The summed E-state index contributed by atoms with van der Waals surface area (Å²) in [4.78, 5) is 26.8. The fourth-order valence-corrected chi connectivity index (χ4v) is 1.22. The molecule has 19 heavy (non-hydrogen) atoms. The van der Waals surface area contributed by atoms with Gasteiger partial charge in [-0.25, -0.2) is 14.6 Å². The number of hydrogen-bond acceptors (Lipinski definition) is 5. The summed E-state index contributed by atoms with van der Waals surface area (Å²) in [6.45, 7) is 7.33. The van der Waals surface area contributed by atoms with Crippen LogP contribution in [0.25, 0.3) is 0 Å². The third-order valence-corrected chi connectivity index (χ3v) is 1.89. The summed E-state index contributed by atoms with van der Waals surface area (Å²) in [7, 11) is 0. The van der Waals surface area contributed by atoms with Crippen LogP contribution in [0.2, 0.25) is 0 Å². The lowest BCUT2D eigenvalue weighted by Crippen LogP contribution is -2.27. The van der Waals surface area contributed by atoms with Crippen LogP contribution in [-0.4, -0.2) is 29.3 Å². The van der Waals surface area contributed by atoms with Gasteiger partial charge in [-0.3, -0.25) is 5.32 Å². The normalized spacial score (nSPS) is 10.7. The summed E-state index contributed by atoms with van der Waals surface area (Å²) in [5, 5.41) is 2.52. The number of aromatic nitrogens is 1. The minimum Gasteiger partial charge on any atom is -0.461 e. The van der Waals surface area contributed by atoms with Gasteiger partial charge in [0.05, 0.1) is 18.5 Å². The Morgan fingerprint density at radius 1 is 1.32 bits per heavy atom. The summed E-state index contributed by atoms with van der Waals surface area (Å²) >= 11 is 0. The van der Waals surface area contributed by atoms with E-state index < -0.39 is 17.7 Å². The number of amides is 1. The van der Waals surface area contributed by atoms with E-state index >= 15 is 0 Å². The Morgan fingerprint density at radius 3 is 2.47 bits per heavy atom. The van der Waals surface area contributed by atoms with Crippen molar-refractivity contribution >= 4 is 17.7 Å². The Bertz CT molecular complexity index is 449. The maximum absolute atomic E-state index is 11.5. The highest BCUT2D eigenvalue weighted by molar-refractivity contribution is 5.88. The molecular weight excluding hydrogens is 248 g/mol. The highest BCUT2D eigenvalue weighted by Gasteiger charge is 2.16. The van der Waals surface area contributed by atoms with Gasteiger partial charge in [-0.2, -0.15) is 0 Å². The lowest BCUT2D eigenvalue weighted by atomic mass is 10.2. The summed E-state index contributed by atoms with van der Waals surface area (Å²) in [5.74, 6) is -0.494. The molecule has 0 saturated carbocycles. The topological polar surface area (TPSA) is 77.5 Å². The Hall–Kier alpha value is -2.11. The maximum atomic E-state index is 11.5. The molecule has 0 unspecified atom stereocenters. The molecule has 104 valence electrons. The number of carbonyl (C=O) groups excluding carboxylic acids is 2. The van der Waals surface area contributed by atoms with Gasteiger partial charge in [0.1, 0.15) is 11.3 Å². The zero-order chi connectivity index (χ0) is 14.5. The molecule has 0 bridgehead atoms. The van der Waals surface area contributed by atoms with E-state index in [1.165, 1.54) is 12.3 Å². The van der Waals surface area contributed by atoms with Crippen molar-refractivity contribution in [1.82, 2.24) is 4.98 Å². The third kappa shape index (κ3) is 5.37. The molecule has 1 amide bonds. The van der Waals surface area contributed by atoms with Crippen molar-refractivity contribution in [3.05, 3.63) is 24.0 Å². The first-order valence-corrected chi connectivity index (χ1v) is 5.95. The highest BCUT2D eigenvalue weighted by Crippen LogP contribution is 2.11. The fourth-order valence-electron chi connectivity index (χ4n) is 1.22. The van der Waals surface area contributed by atoms with E-state index in [-0.39, 0.29) is 5.69 Å². The minimum absolute atomic E-state index is 0.191. The van der Waals surface area contributed by atoms with Crippen molar-refractivity contribution < 1.29 is 19.1 Å². The van der Waals surface area contributed by atoms with Gasteiger partial charge < -0.3 is 9.47 Å². The molecule has 1 aromatic rings. The molecule has 1 rings (SSSR count). The summed E-state index contributed by atoms with van der Waals surface area (Å²) < 4.78 is 9.89.